The number of carboxylic acid groups (broad SMARTS) is 1. The Morgan fingerprint density at radius 2 is 1.90 bits per heavy atom. The maximum absolute atomic E-state index is 13.3. The van der Waals surface area contributed by atoms with E-state index in [1.807, 2.05) is 24.3 Å². The highest BCUT2D eigenvalue weighted by atomic mass is 16.5. The Balaban J connectivity index is 1.90. The van der Waals surface area contributed by atoms with E-state index in [0.717, 1.165) is 18.4 Å². The highest BCUT2D eigenvalue weighted by Crippen LogP contribution is 2.40. The van der Waals surface area contributed by atoms with Gasteiger partial charge in [0.15, 0.2) is 0 Å². The average molecular weight is 396 g/mol. The molecule has 5 heteroatoms. The topological polar surface area (TPSA) is 72.8 Å². The summed E-state index contributed by atoms with van der Waals surface area (Å²) < 4.78 is 11.2. The minimum atomic E-state index is -0.965. The quantitative estimate of drug-likeness (QED) is 0.469. The number of fused-ring (bicyclic) bond motifs is 1. The highest BCUT2D eigenvalue weighted by molar-refractivity contribution is 6.13. The first kappa shape index (κ1) is 20.9. The molecule has 29 heavy (non-hydrogen) atoms. The molecule has 2 aromatic rings. The maximum atomic E-state index is 13.3. The van der Waals surface area contributed by atoms with Crippen molar-refractivity contribution < 1.29 is 24.2 Å². The van der Waals surface area contributed by atoms with Gasteiger partial charge in [-0.3, -0.25) is 9.59 Å². The predicted octanol–water partition coefficient (Wildman–Crippen LogP) is 4.61. The van der Waals surface area contributed by atoms with Gasteiger partial charge in [-0.1, -0.05) is 50.5 Å². The standard InChI is InChI=1S/C24H28O5/c1-3-4-5-6-7-16-8-10-17(11-9-16)22(27)21-23(28-2)19(15-20(25)26)14-18-12-13-29-24(18)21/h8-11,14H,3-7,12-13,15H2,1-2H3,(H,25,26). The third-order valence-corrected chi connectivity index (χ3v) is 5.31. The molecule has 0 atom stereocenters. The minimum Gasteiger partial charge on any atom is -0.496 e. The van der Waals surface area contributed by atoms with Crippen LogP contribution in [-0.2, 0) is 24.1 Å². The first-order valence-electron chi connectivity index (χ1n) is 10.3. The molecule has 3 rings (SSSR count). The second kappa shape index (κ2) is 9.59. The van der Waals surface area contributed by atoms with E-state index >= 15 is 0 Å². The van der Waals surface area contributed by atoms with Crippen molar-refractivity contribution in [1.82, 2.24) is 0 Å². The minimum absolute atomic E-state index is 0.201. The summed E-state index contributed by atoms with van der Waals surface area (Å²) in [5, 5.41) is 9.25. The second-order valence-corrected chi connectivity index (χ2v) is 7.44. The summed E-state index contributed by atoms with van der Waals surface area (Å²) in [6, 6.07) is 9.44. The van der Waals surface area contributed by atoms with Crippen molar-refractivity contribution >= 4 is 11.8 Å². The van der Waals surface area contributed by atoms with Crippen molar-refractivity contribution in [3.63, 3.8) is 0 Å². The van der Waals surface area contributed by atoms with Crippen LogP contribution < -0.4 is 9.47 Å². The molecular formula is C24H28O5. The SMILES string of the molecule is CCCCCCc1ccc(C(=O)c2c(OC)c(CC(=O)O)cc3c2OCC3)cc1. The molecule has 0 fully saturated rings. The number of ether oxygens (including phenoxy) is 2. The van der Waals surface area contributed by atoms with Crippen LogP contribution in [0.5, 0.6) is 11.5 Å². The number of aryl methyl sites for hydroxylation is 1. The number of carboxylic acids is 1. The van der Waals surface area contributed by atoms with Crippen LogP contribution in [0.3, 0.4) is 0 Å². The Morgan fingerprint density at radius 3 is 2.55 bits per heavy atom. The number of rotatable bonds is 10. The molecule has 5 nitrogen and oxygen atoms in total. The Hall–Kier alpha value is -2.82. The third-order valence-electron chi connectivity index (χ3n) is 5.31. The summed E-state index contributed by atoms with van der Waals surface area (Å²) in [6.07, 6.45) is 6.28. The summed E-state index contributed by atoms with van der Waals surface area (Å²) in [5.41, 5.74) is 3.45. The third kappa shape index (κ3) is 4.78. The lowest BCUT2D eigenvalue weighted by molar-refractivity contribution is -0.136. The van der Waals surface area contributed by atoms with Gasteiger partial charge in [0, 0.05) is 17.5 Å². The summed E-state index contributed by atoms with van der Waals surface area (Å²) in [5.74, 6) is -0.357. The van der Waals surface area contributed by atoms with E-state index in [4.69, 9.17) is 9.47 Å². The summed E-state index contributed by atoms with van der Waals surface area (Å²) in [4.78, 5) is 24.6. The number of benzene rings is 2. The zero-order chi connectivity index (χ0) is 20.8. The number of unbranched alkanes of at least 4 members (excludes halogenated alkanes) is 3. The molecule has 0 aromatic heterocycles. The monoisotopic (exact) mass is 396 g/mol. The van der Waals surface area contributed by atoms with Gasteiger partial charge in [0.1, 0.15) is 17.1 Å². The fraction of sp³-hybridized carbons (Fsp3) is 0.417. The van der Waals surface area contributed by atoms with Gasteiger partial charge >= 0.3 is 5.97 Å². The van der Waals surface area contributed by atoms with Crippen LogP contribution in [0.2, 0.25) is 0 Å². The normalized spacial score (nSPS) is 12.3. The van der Waals surface area contributed by atoms with Crippen molar-refractivity contribution in [3.05, 3.63) is 58.1 Å². The number of carbonyl (C=O) groups excluding carboxylic acids is 1. The Kier molecular flexibility index (Phi) is 6.91. The van der Waals surface area contributed by atoms with Gasteiger partial charge in [-0.2, -0.15) is 0 Å². The van der Waals surface area contributed by atoms with E-state index in [9.17, 15) is 14.7 Å². The fourth-order valence-corrected chi connectivity index (χ4v) is 3.84. The summed E-state index contributed by atoms with van der Waals surface area (Å²) in [7, 11) is 1.46. The van der Waals surface area contributed by atoms with Crippen LogP contribution >= 0.6 is 0 Å². The van der Waals surface area contributed by atoms with E-state index in [0.29, 0.717) is 41.2 Å². The van der Waals surface area contributed by atoms with Crippen LogP contribution in [0.4, 0.5) is 0 Å². The Bertz CT molecular complexity index is 883. The van der Waals surface area contributed by atoms with Crippen molar-refractivity contribution in [2.45, 2.75) is 51.9 Å². The molecule has 154 valence electrons. The molecule has 0 bridgehead atoms. The highest BCUT2D eigenvalue weighted by Gasteiger charge is 2.29. The molecule has 0 saturated heterocycles. The Morgan fingerprint density at radius 1 is 1.14 bits per heavy atom. The molecule has 0 saturated carbocycles. The second-order valence-electron chi connectivity index (χ2n) is 7.44. The summed E-state index contributed by atoms with van der Waals surface area (Å²) >= 11 is 0. The maximum Gasteiger partial charge on any atom is 0.307 e. The molecule has 0 amide bonds. The van der Waals surface area contributed by atoms with Crippen LogP contribution in [-0.4, -0.2) is 30.6 Å². The number of methoxy groups -OCH3 is 1. The molecule has 1 heterocycles. The molecule has 0 spiro atoms. The van der Waals surface area contributed by atoms with E-state index in [1.54, 1.807) is 6.07 Å². The van der Waals surface area contributed by atoms with Crippen molar-refractivity contribution in [1.29, 1.82) is 0 Å². The van der Waals surface area contributed by atoms with Crippen molar-refractivity contribution in [2.75, 3.05) is 13.7 Å². The van der Waals surface area contributed by atoms with E-state index < -0.39 is 5.97 Å². The number of aliphatic carboxylic acids is 1. The van der Waals surface area contributed by atoms with Gasteiger partial charge in [0.05, 0.1) is 20.1 Å². The number of hydrogen-bond acceptors (Lipinski definition) is 4. The molecule has 0 unspecified atom stereocenters. The van der Waals surface area contributed by atoms with Gasteiger partial charge in [0.25, 0.3) is 0 Å². The van der Waals surface area contributed by atoms with Gasteiger partial charge in [-0.25, -0.2) is 0 Å². The van der Waals surface area contributed by atoms with Gasteiger partial charge in [-0.05, 0) is 30.0 Å². The lowest BCUT2D eigenvalue weighted by Crippen LogP contribution is -2.11. The van der Waals surface area contributed by atoms with Gasteiger partial charge in [0.2, 0.25) is 5.78 Å². The van der Waals surface area contributed by atoms with Crippen LogP contribution in [0, 0.1) is 0 Å². The molecule has 0 aliphatic carbocycles. The molecule has 0 radical (unpaired) electrons. The summed E-state index contributed by atoms with van der Waals surface area (Å²) in [6.45, 7) is 2.67. The first-order valence-corrected chi connectivity index (χ1v) is 10.3. The van der Waals surface area contributed by atoms with Crippen LogP contribution in [0.25, 0.3) is 0 Å². The lowest BCUT2D eigenvalue weighted by Gasteiger charge is -2.16. The van der Waals surface area contributed by atoms with Crippen LogP contribution in [0.1, 0.15) is 65.2 Å². The molecule has 2 aromatic carbocycles. The lowest BCUT2D eigenvalue weighted by atomic mass is 9.93. The molecule has 1 N–H and O–H groups in total. The van der Waals surface area contributed by atoms with E-state index in [2.05, 4.69) is 6.92 Å². The van der Waals surface area contributed by atoms with Gasteiger partial charge in [-0.15, -0.1) is 0 Å². The smallest absolute Gasteiger partial charge is 0.307 e. The Labute approximate surface area is 171 Å². The van der Waals surface area contributed by atoms with E-state index in [1.165, 1.54) is 31.9 Å². The number of ketones is 1. The van der Waals surface area contributed by atoms with Crippen LogP contribution in [0.15, 0.2) is 30.3 Å². The van der Waals surface area contributed by atoms with Gasteiger partial charge < -0.3 is 14.6 Å². The number of carbonyl (C=O) groups is 2. The first-order chi connectivity index (χ1) is 14.0. The fourth-order valence-electron chi connectivity index (χ4n) is 3.84. The number of hydrogen-bond donors (Lipinski definition) is 1. The average Bonchev–Trinajstić information content (AvgIpc) is 3.17. The molecular weight excluding hydrogens is 368 g/mol. The zero-order valence-electron chi connectivity index (χ0n) is 17.1. The van der Waals surface area contributed by atoms with Crippen molar-refractivity contribution in [2.24, 2.45) is 0 Å². The largest absolute Gasteiger partial charge is 0.496 e. The molecule has 1 aliphatic heterocycles. The zero-order valence-corrected chi connectivity index (χ0v) is 17.1. The molecule has 1 aliphatic rings. The van der Waals surface area contributed by atoms with E-state index in [-0.39, 0.29) is 12.2 Å². The predicted molar refractivity (Wildman–Crippen MR) is 111 cm³/mol. The van der Waals surface area contributed by atoms with Crippen molar-refractivity contribution in [3.8, 4) is 11.5 Å².